The van der Waals surface area contributed by atoms with Crippen LogP contribution in [0.3, 0.4) is 0 Å². The van der Waals surface area contributed by atoms with Crippen molar-refractivity contribution in [1.29, 1.82) is 0 Å². The molecule has 4 heteroatoms. The topological polar surface area (TPSA) is 69.9 Å². The number of rotatable bonds is 5. The molecule has 0 aliphatic heterocycles. The SMILES string of the molecule is CC(C)c1cccc(OCC(C)c2ccc(O)c(O)c2)c1O. The number of hydrogen-bond acceptors (Lipinski definition) is 4. The van der Waals surface area contributed by atoms with Crippen LogP contribution in [0.5, 0.6) is 23.0 Å². The maximum absolute atomic E-state index is 10.2. The second-order valence-electron chi connectivity index (χ2n) is 5.81. The van der Waals surface area contributed by atoms with Gasteiger partial charge in [-0.25, -0.2) is 0 Å². The minimum Gasteiger partial charge on any atom is -0.504 e. The van der Waals surface area contributed by atoms with Gasteiger partial charge in [0.1, 0.15) is 0 Å². The molecule has 2 aromatic rings. The largest absolute Gasteiger partial charge is 0.504 e. The van der Waals surface area contributed by atoms with E-state index in [1.165, 1.54) is 12.1 Å². The van der Waals surface area contributed by atoms with E-state index in [-0.39, 0.29) is 29.1 Å². The molecule has 0 amide bonds. The Labute approximate surface area is 130 Å². The molecule has 1 unspecified atom stereocenters. The fraction of sp³-hybridized carbons (Fsp3) is 0.333. The molecular weight excluding hydrogens is 280 g/mol. The zero-order valence-electron chi connectivity index (χ0n) is 13.1. The first-order valence-electron chi connectivity index (χ1n) is 7.36. The van der Waals surface area contributed by atoms with E-state index in [1.54, 1.807) is 12.1 Å². The second kappa shape index (κ2) is 6.60. The Morgan fingerprint density at radius 3 is 2.32 bits per heavy atom. The molecule has 0 aliphatic rings. The maximum atomic E-state index is 10.2. The summed E-state index contributed by atoms with van der Waals surface area (Å²) in [5.74, 6) is 0.580. The molecule has 4 nitrogen and oxygen atoms in total. The van der Waals surface area contributed by atoms with Crippen molar-refractivity contribution >= 4 is 0 Å². The zero-order valence-corrected chi connectivity index (χ0v) is 13.1. The lowest BCUT2D eigenvalue weighted by Gasteiger charge is -2.17. The minimum absolute atomic E-state index is 0.00797. The van der Waals surface area contributed by atoms with Gasteiger partial charge in [0.05, 0.1) is 6.61 Å². The maximum Gasteiger partial charge on any atom is 0.161 e. The summed E-state index contributed by atoms with van der Waals surface area (Å²) in [7, 11) is 0. The minimum atomic E-state index is -0.144. The molecule has 0 saturated carbocycles. The Hall–Kier alpha value is -2.36. The van der Waals surface area contributed by atoms with Gasteiger partial charge < -0.3 is 20.1 Å². The molecule has 2 rings (SSSR count). The summed E-state index contributed by atoms with van der Waals surface area (Å²) < 4.78 is 5.72. The lowest BCUT2D eigenvalue weighted by molar-refractivity contribution is 0.279. The second-order valence-corrected chi connectivity index (χ2v) is 5.81. The smallest absolute Gasteiger partial charge is 0.161 e. The van der Waals surface area contributed by atoms with Gasteiger partial charge in [0.2, 0.25) is 0 Å². The monoisotopic (exact) mass is 302 g/mol. The van der Waals surface area contributed by atoms with Crippen LogP contribution in [0, 0.1) is 0 Å². The van der Waals surface area contributed by atoms with Crippen molar-refractivity contribution in [1.82, 2.24) is 0 Å². The van der Waals surface area contributed by atoms with Crippen LogP contribution < -0.4 is 4.74 Å². The Morgan fingerprint density at radius 1 is 0.955 bits per heavy atom. The first kappa shape index (κ1) is 16.0. The molecule has 0 saturated heterocycles. The predicted molar refractivity (Wildman–Crippen MR) is 85.9 cm³/mol. The summed E-state index contributed by atoms with van der Waals surface area (Å²) >= 11 is 0. The number of benzene rings is 2. The van der Waals surface area contributed by atoms with Gasteiger partial charge in [0.25, 0.3) is 0 Å². The van der Waals surface area contributed by atoms with E-state index >= 15 is 0 Å². The number of para-hydroxylation sites is 1. The van der Waals surface area contributed by atoms with E-state index in [2.05, 4.69) is 0 Å². The Balaban J connectivity index is 2.09. The van der Waals surface area contributed by atoms with Crippen LogP contribution in [0.2, 0.25) is 0 Å². The van der Waals surface area contributed by atoms with Crippen molar-refractivity contribution in [3.8, 4) is 23.0 Å². The molecule has 0 radical (unpaired) electrons. The molecule has 0 heterocycles. The molecule has 2 aromatic carbocycles. The Bertz CT molecular complexity index is 650. The highest BCUT2D eigenvalue weighted by Gasteiger charge is 2.14. The van der Waals surface area contributed by atoms with E-state index in [4.69, 9.17) is 4.74 Å². The summed E-state index contributed by atoms with van der Waals surface area (Å²) in [5.41, 5.74) is 1.71. The first-order chi connectivity index (χ1) is 10.4. The molecule has 0 bridgehead atoms. The first-order valence-corrected chi connectivity index (χ1v) is 7.36. The van der Waals surface area contributed by atoms with E-state index in [1.807, 2.05) is 32.9 Å². The van der Waals surface area contributed by atoms with Gasteiger partial charge in [0.15, 0.2) is 23.0 Å². The zero-order chi connectivity index (χ0) is 16.3. The lowest BCUT2D eigenvalue weighted by atomic mass is 10.0. The van der Waals surface area contributed by atoms with Crippen LogP contribution in [0.15, 0.2) is 36.4 Å². The quantitative estimate of drug-likeness (QED) is 0.727. The molecule has 118 valence electrons. The van der Waals surface area contributed by atoms with E-state index in [9.17, 15) is 15.3 Å². The molecule has 0 fully saturated rings. The van der Waals surface area contributed by atoms with Crippen molar-refractivity contribution in [2.75, 3.05) is 6.61 Å². The average Bonchev–Trinajstić information content (AvgIpc) is 2.48. The Morgan fingerprint density at radius 2 is 1.68 bits per heavy atom. The van der Waals surface area contributed by atoms with Crippen molar-refractivity contribution < 1.29 is 20.1 Å². The van der Waals surface area contributed by atoms with Crippen LogP contribution in [0.25, 0.3) is 0 Å². The molecule has 0 spiro atoms. The predicted octanol–water partition coefficient (Wildman–Crippen LogP) is 4.11. The number of phenols is 3. The Kier molecular flexibility index (Phi) is 4.81. The van der Waals surface area contributed by atoms with Gasteiger partial charge >= 0.3 is 0 Å². The van der Waals surface area contributed by atoms with Crippen LogP contribution in [0.4, 0.5) is 0 Å². The van der Waals surface area contributed by atoms with Crippen molar-refractivity contribution in [3.05, 3.63) is 47.5 Å². The standard InChI is InChI=1S/C18H22O4/c1-11(2)14-5-4-6-17(18(14)21)22-10-12(3)13-7-8-15(19)16(20)9-13/h4-9,11-12,19-21H,10H2,1-3H3. The molecule has 1 atom stereocenters. The van der Waals surface area contributed by atoms with E-state index < -0.39 is 0 Å². The van der Waals surface area contributed by atoms with Crippen molar-refractivity contribution in [2.45, 2.75) is 32.6 Å². The number of ether oxygens (including phenoxy) is 1. The number of hydrogen-bond donors (Lipinski definition) is 3. The lowest BCUT2D eigenvalue weighted by Crippen LogP contribution is -2.07. The highest BCUT2D eigenvalue weighted by atomic mass is 16.5. The normalized spacial score (nSPS) is 12.4. The number of phenolic OH excluding ortho intramolecular Hbond substituents is 3. The van der Waals surface area contributed by atoms with Gasteiger partial charge in [-0.3, -0.25) is 0 Å². The van der Waals surface area contributed by atoms with Crippen molar-refractivity contribution in [3.63, 3.8) is 0 Å². The fourth-order valence-corrected chi connectivity index (χ4v) is 2.28. The number of aromatic hydroxyl groups is 3. The molecule has 3 N–H and O–H groups in total. The summed E-state index contributed by atoms with van der Waals surface area (Å²) in [4.78, 5) is 0. The van der Waals surface area contributed by atoms with Crippen molar-refractivity contribution in [2.24, 2.45) is 0 Å². The van der Waals surface area contributed by atoms with Gasteiger partial charge in [0, 0.05) is 11.5 Å². The summed E-state index contributed by atoms with van der Waals surface area (Å²) in [6.45, 7) is 6.34. The molecule has 22 heavy (non-hydrogen) atoms. The van der Waals surface area contributed by atoms with Crippen LogP contribution in [0.1, 0.15) is 43.7 Å². The van der Waals surface area contributed by atoms with Crippen LogP contribution in [-0.4, -0.2) is 21.9 Å². The summed E-state index contributed by atoms with van der Waals surface area (Å²) in [5, 5.41) is 29.1. The fourth-order valence-electron chi connectivity index (χ4n) is 2.28. The summed E-state index contributed by atoms with van der Waals surface area (Å²) in [6, 6.07) is 10.2. The molecule has 0 aromatic heterocycles. The van der Waals surface area contributed by atoms with E-state index in [0.717, 1.165) is 11.1 Å². The van der Waals surface area contributed by atoms with Gasteiger partial charge in [-0.15, -0.1) is 0 Å². The average molecular weight is 302 g/mol. The van der Waals surface area contributed by atoms with Crippen LogP contribution >= 0.6 is 0 Å². The molecule has 0 aliphatic carbocycles. The molecular formula is C18H22O4. The third kappa shape index (κ3) is 3.45. The third-order valence-electron chi connectivity index (χ3n) is 3.71. The van der Waals surface area contributed by atoms with Gasteiger partial charge in [-0.1, -0.05) is 39.0 Å². The highest BCUT2D eigenvalue weighted by molar-refractivity contribution is 5.47. The van der Waals surface area contributed by atoms with Gasteiger partial charge in [-0.2, -0.15) is 0 Å². The van der Waals surface area contributed by atoms with Gasteiger partial charge in [-0.05, 0) is 29.7 Å². The third-order valence-corrected chi connectivity index (χ3v) is 3.71. The highest BCUT2D eigenvalue weighted by Crippen LogP contribution is 2.35. The van der Waals surface area contributed by atoms with E-state index in [0.29, 0.717) is 12.4 Å². The summed E-state index contributed by atoms with van der Waals surface area (Å²) in [6.07, 6.45) is 0. The van der Waals surface area contributed by atoms with Crippen LogP contribution in [-0.2, 0) is 0 Å².